The van der Waals surface area contributed by atoms with E-state index in [0.29, 0.717) is 15.7 Å². The largest absolute Gasteiger partial charge is 0.366 e. The number of halogens is 3. The summed E-state index contributed by atoms with van der Waals surface area (Å²) in [5.74, 6) is -0.412. The van der Waals surface area contributed by atoms with Crippen LogP contribution in [0.4, 0.5) is 10.1 Å². The van der Waals surface area contributed by atoms with Crippen LogP contribution in [0.5, 0.6) is 0 Å². The molecule has 2 unspecified atom stereocenters. The van der Waals surface area contributed by atoms with Crippen LogP contribution in [-0.2, 0) is 0 Å². The van der Waals surface area contributed by atoms with Crippen LogP contribution in [0.2, 0.25) is 10.0 Å². The number of rotatable bonds is 1. The quantitative estimate of drug-likeness (QED) is 0.851. The molecule has 0 spiro atoms. The van der Waals surface area contributed by atoms with Gasteiger partial charge in [-0.3, -0.25) is 0 Å². The van der Waals surface area contributed by atoms with Crippen molar-refractivity contribution in [1.82, 2.24) is 0 Å². The highest BCUT2D eigenvalue weighted by Gasteiger charge is 2.26. The molecule has 5 heteroatoms. The molecule has 2 rings (SSSR count). The fraction of sp³-hybridized carbons (Fsp3) is 0.500. The highest BCUT2D eigenvalue weighted by atomic mass is 35.5. The van der Waals surface area contributed by atoms with E-state index in [4.69, 9.17) is 28.9 Å². The molecule has 1 fully saturated rings. The molecule has 2 atom stereocenters. The summed E-state index contributed by atoms with van der Waals surface area (Å²) in [6.07, 6.45) is 1.79. The summed E-state index contributed by atoms with van der Waals surface area (Å²) in [4.78, 5) is 2.10. The third-order valence-corrected chi connectivity index (χ3v) is 3.76. The third kappa shape index (κ3) is 2.67. The first-order valence-electron chi connectivity index (χ1n) is 5.66. The van der Waals surface area contributed by atoms with Crippen LogP contribution in [0.15, 0.2) is 12.1 Å². The minimum absolute atomic E-state index is 0.222. The van der Waals surface area contributed by atoms with E-state index in [1.807, 2.05) is 0 Å². The van der Waals surface area contributed by atoms with E-state index < -0.39 is 5.82 Å². The van der Waals surface area contributed by atoms with Gasteiger partial charge in [-0.1, -0.05) is 23.2 Å². The van der Waals surface area contributed by atoms with Crippen LogP contribution in [0.1, 0.15) is 19.8 Å². The Bertz CT molecular complexity index is 402. The first-order chi connectivity index (χ1) is 7.99. The van der Waals surface area contributed by atoms with Crippen molar-refractivity contribution in [2.75, 3.05) is 11.4 Å². The fourth-order valence-electron chi connectivity index (χ4n) is 2.35. The minimum atomic E-state index is -0.412. The Morgan fingerprint density at radius 2 is 1.94 bits per heavy atom. The van der Waals surface area contributed by atoms with Gasteiger partial charge in [0.25, 0.3) is 0 Å². The highest BCUT2D eigenvalue weighted by molar-refractivity contribution is 6.39. The van der Waals surface area contributed by atoms with Crippen molar-refractivity contribution in [1.29, 1.82) is 0 Å². The SMILES string of the molecule is CC1CC(N)CCN1c1c(Cl)cc(F)cc1Cl. The van der Waals surface area contributed by atoms with Crippen molar-refractivity contribution in [3.8, 4) is 0 Å². The Balaban J connectivity index is 2.34. The van der Waals surface area contributed by atoms with E-state index in [-0.39, 0.29) is 12.1 Å². The minimum Gasteiger partial charge on any atom is -0.366 e. The summed E-state index contributed by atoms with van der Waals surface area (Å²) in [6.45, 7) is 2.88. The smallest absolute Gasteiger partial charge is 0.126 e. The van der Waals surface area contributed by atoms with Gasteiger partial charge in [0.15, 0.2) is 0 Å². The summed E-state index contributed by atoms with van der Waals surface area (Å²) in [5, 5.41) is 0.717. The average Bonchev–Trinajstić information content (AvgIpc) is 2.19. The molecule has 1 aromatic rings. The molecule has 0 radical (unpaired) electrons. The van der Waals surface area contributed by atoms with Gasteiger partial charge in [0.05, 0.1) is 15.7 Å². The summed E-state index contributed by atoms with van der Waals surface area (Å²) in [6, 6.07) is 3.08. The molecule has 2 nitrogen and oxygen atoms in total. The molecule has 2 N–H and O–H groups in total. The van der Waals surface area contributed by atoms with E-state index in [0.717, 1.165) is 19.4 Å². The first kappa shape index (κ1) is 12.9. The lowest BCUT2D eigenvalue weighted by molar-refractivity contribution is 0.429. The third-order valence-electron chi connectivity index (χ3n) is 3.19. The Kier molecular flexibility index (Phi) is 3.81. The number of hydrogen-bond acceptors (Lipinski definition) is 2. The van der Waals surface area contributed by atoms with Crippen molar-refractivity contribution < 1.29 is 4.39 Å². The van der Waals surface area contributed by atoms with Crippen LogP contribution in [0.25, 0.3) is 0 Å². The summed E-state index contributed by atoms with van der Waals surface area (Å²) in [5.41, 5.74) is 6.63. The summed E-state index contributed by atoms with van der Waals surface area (Å²) >= 11 is 12.1. The molecule has 0 saturated carbocycles. The lowest BCUT2D eigenvalue weighted by atomic mass is 9.98. The maximum absolute atomic E-state index is 13.1. The van der Waals surface area contributed by atoms with Gasteiger partial charge >= 0.3 is 0 Å². The van der Waals surface area contributed by atoms with Gasteiger partial charge in [-0.2, -0.15) is 0 Å². The molecule has 1 aliphatic rings. The average molecular weight is 277 g/mol. The van der Waals surface area contributed by atoms with Gasteiger partial charge in [-0.15, -0.1) is 0 Å². The summed E-state index contributed by atoms with van der Waals surface area (Å²) in [7, 11) is 0. The normalized spacial score (nSPS) is 25.1. The van der Waals surface area contributed by atoms with E-state index in [9.17, 15) is 4.39 Å². The number of benzene rings is 1. The van der Waals surface area contributed by atoms with Crippen molar-refractivity contribution in [2.24, 2.45) is 5.73 Å². The van der Waals surface area contributed by atoms with E-state index in [2.05, 4.69) is 11.8 Å². The van der Waals surface area contributed by atoms with E-state index in [1.165, 1.54) is 12.1 Å². The molecule has 1 heterocycles. The molecule has 0 aromatic heterocycles. The second kappa shape index (κ2) is 5.01. The van der Waals surface area contributed by atoms with E-state index >= 15 is 0 Å². The maximum atomic E-state index is 13.1. The number of nitrogens with two attached hydrogens (primary N) is 1. The molecular weight excluding hydrogens is 262 g/mol. The van der Waals surface area contributed by atoms with Gasteiger partial charge in [0.1, 0.15) is 5.82 Å². The molecule has 17 heavy (non-hydrogen) atoms. The van der Waals surface area contributed by atoms with Crippen molar-refractivity contribution in [2.45, 2.75) is 31.8 Å². The maximum Gasteiger partial charge on any atom is 0.126 e. The number of hydrogen-bond donors (Lipinski definition) is 1. The molecule has 0 bridgehead atoms. The van der Waals surface area contributed by atoms with Crippen LogP contribution < -0.4 is 10.6 Å². The second-order valence-corrected chi connectivity index (χ2v) is 5.36. The van der Waals surface area contributed by atoms with Crippen molar-refractivity contribution in [3.63, 3.8) is 0 Å². The van der Waals surface area contributed by atoms with E-state index in [1.54, 1.807) is 0 Å². The van der Waals surface area contributed by atoms with Gasteiger partial charge in [0.2, 0.25) is 0 Å². The van der Waals surface area contributed by atoms with Gasteiger partial charge in [-0.25, -0.2) is 4.39 Å². The zero-order valence-corrected chi connectivity index (χ0v) is 11.1. The Labute approximate surface area is 110 Å². The van der Waals surface area contributed by atoms with Gasteiger partial charge in [0, 0.05) is 18.6 Å². The van der Waals surface area contributed by atoms with Crippen molar-refractivity contribution in [3.05, 3.63) is 28.0 Å². The van der Waals surface area contributed by atoms with Gasteiger partial charge < -0.3 is 10.6 Å². The highest BCUT2D eigenvalue weighted by Crippen LogP contribution is 2.37. The fourth-order valence-corrected chi connectivity index (χ4v) is 3.03. The molecule has 1 saturated heterocycles. The number of anilines is 1. The van der Waals surface area contributed by atoms with Crippen LogP contribution in [0.3, 0.4) is 0 Å². The molecule has 0 aliphatic carbocycles. The van der Waals surface area contributed by atoms with Crippen LogP contribution in [0, 0.1) is 5.82 Å². The second-order valence-electron chi connectivity index (χ2n) is 4.54. The first-order valence-corrected chi connectivity index (χ1v) is 6.41. The Hall–Kier alpha value is -0.510. The monoisotopic (exact) mass is 276 g/mol. The standard InChI is InChI=1S/C12H15Cl2FN2/c1-7-4-9(16)2-3-17(7)12-10(13)5-8(15)6-11(12)14/h5-7,9H,2-4,16H2,1H3. The number of nitrogens with zero attached hydrogens (tertiary/aromatic N) is 1. The molecule has 1 aromatic carbocycles. The van der Waals surface area contributed by atoms with Crippen LogP contribution in [-0.4, -0.2) is 18.6 Å². The molecular formula is C12H15Cl2FN2. The predicted octanol–water partition coefficient (Wildman–Crippen LogP) is 3.45. The zero-order valence-electron chi connectivity index (χ0n) is 9.59. The molecule has 0 amide bonds. The summed E-state index contributed by atoms with van der Waals surface area (Å²) < 4.78 is 13.1. The Morgan fingerprint density at radius 3 is 2.47 bits per heavy atom. The lowest BCUT2D eigenvalue weighted by Crippen LogP contribution is -2.45. The van der Waals surface area contributed by atoms with Crippen molar-refractivity contribution >= 4 is 28.9 Å². The Morgan fingerprint density at radius 1 is 1.35 bits per heavy atom. The van der Waals surface area contributed by atoms with Gasteiger partial charge in [-0.05, 0) is 31.9 Å². The molecule has 94 valence electrons. The van der Waals surface area contributed by atoms with Crippen LogP contribution >= 0.6 is 23.2 Å². The topological polar surface area (TPSA) is 29.3 Å². The zero-order chi connectivity index (χ0) is 12.6. The number of piperidine rings is 1. The predicted molar refractivity (Wildman–Crippen MR) is 70.4 cm³/mol. The molecule has 1 aliphatic heterocycles. The lowest BCUT2D eigenvalue weighted by Gasteiger charge is -2.39.